The van der Waals surface area contributed by atoms with Crippen molar-refractivity contribution < 1.29 is 4.79 Å². The number of benzene rings is 1. The number of carbonyl (C=O) groups is 1. The lowest BCUT2D eigenvalue weighted by atomic mass is 10.2. The predicted molar refractivity (Wildman–Crippen MR) is 97.0 cm³/mol. The van der Waals surface area contributed by atoms with Gasteiger partial charge in [0.2, 0.25) is 0 Å². The first-order valence-electron chi connectivity index (χ1n) is 8.54. The maximum absolute atomic E-state index is 12.1. The van der Waals surface area contributed by atoms with Gasteiger partial charge in [-0.05, 0) is 39.0 Å². The van der Waals surface area contributed by atoms with Crippen LogP contribution in [0.3, 0.4) is 0 Å². The summed E-state index contributed by atoms with van der Waals surface area (Å²) in [6, 6.07) is 7.99. The second kappa shape index (κ2) is 8.58. The molecule has 23 heavy (non-hydrogen) atoms. The van der Waals surface area contributed by atoms with Gasteiger partial charge in [-0.2, -0.15) is 0 Å². The Morgan fingerprint density at radius 1 is 1.17 bits per heavy atom. The van der Waals surface area contributed by atoms with Crippen LogP contribution in [0.4, 0.5) is 10.5 Å². The van der Waals surface area contributed by atoms with Crippen molar-refractivity contribution in [2.75, 3.05) is 31.5 Å². The summed E-state index contributed by atoms with van der Waals surface area (Å²) in [6.45, 7) is 11.1. The van der Waals surface area contributed by atoms with E-state index in [1.807, 2.05) is 24.4 Å². The van der Waals surface area contributed by atoms with Crippen molar-refractivity contribution in [3.05, 3.63) is 30.5 Å². The van der Waals surface area contributed by atoms with Gasteiger partial charge in [0.05, 0.1) is 11.2 Å². The van der Waals surface area contributed by atoms with E-state index in [0.717, 1.165) is 49.2 Å². The smallest absolute Gasteiger partial charge is 0.319 e. The maximum Gasteiger partial charge on any atom is 0.319 e. The summed E-state index contributed by atoms with van der Waals surface area (Å²) in [4.78, 5) is 14.4. The van der Waals surface area contributed by atoms with Crippen LogP contribution >= 0.6 is 0 Å². The molecule has 126 valence electrons. The first-order chi connectivity index (χ1) is 11.2. The molecule has 0 saturated carbocycles. The number of amides is 2. The van der Waals surface area contributed by atoms with Crippen molar-refractivity contribution >= 4 is 22.6 Å². The molecule has 2 aromatic rings. The summed E-state index contributed by atoms with van der Waals surface area (Å²) in [5.41, 5.74) is 2.01. The molecule has 2 N–H and O–H groups in total. The van der Waals surface area contributed by atoms with Gasteiger partial charge in [0.25, 0.3) is 0 Å². The van der Waals surface area contributed by atoms with E-state index in [1.165, 1.54) is 0 Å². The van der Waals surface area contributed by atoms with E-state index >= 15 is 0 Å². The molecule has 0 atom stereocenters. The molecule has 5 heteroatoms. The zero-order valence-corrected chi connectivity index (χ0v) is 14.4. The molecule has 0 bridgehead atoms. The SMILES string of the molecule is CCN(CC)CCCNC(=O)Nc1cn(CC)c2ccccc12. The van der Waals surface area contributed by atoms with Crippen LogP contribution in [-0.2, 0) is 6.54 Å². The Morgan fingerprint density at radius 3 is 2.61 bits per heavy atom. The first-order valence-corrected chi connectivity index (χ1v) is 8.54. The summed E-state index contributed by atoms with van der Waals surface area (Å²) in [5.74, 6) is 0. The van der Waals surface area contributed by atoms with Crippen LogP contribution in [0, 0.1) is 0 Å². The number of fused-ring (bicyclic) bond motifs is 1. The maximum atomic E-state index is 12.1. The van der Waals surface area contributed by atoms with E-state index in [2.05, 4.69) is 46.9 Å². The molecule has 0 spiro atoms. The highest BCUT2D eigenvalue weighted by Crippen LogP contribution is 2.25. The predicted octanol–water partition coefficient (Wildman–Crippen LogP) is 3.51. The fourth-order valence-electron chi connectivity index (χ4n) is 2.82. The number of para-hydroxylation sites is 1. The van der Waals surface area contributed by atoms with Crippen molar-refractivity contribution in [3.63, 3.8) is 0 Å². The molecule has 0 aliphatic carbocycles. The number of rotatable bonds is 8. The van der Waals surface area contributed by atoms with E-state index in [1.54, 1.807) is 0 Å². The topological polar surface area (TPSA) is 49.3 Å². The third-order valence-electron chi connectivity index (χ3n) is 4.21. The Hall–Kier alpha value is -2.01. The Kier molecular flexibility index (Phi) is 6.47. The lowest BCUT2D eigenvalue weighted by Crippen LogP contribution is -2.32. The summed E-state index contributed by atoms with van der Waals surface area (Å²) in [6.07, 6.45) is 2.96. The van der Waals surface area contributed by atoms with E-state index in [0.29, 0.717) is 6.54 Å². The van der Waals surface area contributed by atoms with Gasteiger partial charge in [0.1, 0.15) is 0 Å². The van der Waals surface area contributed by atoms with Crippen LogP contribution in [0.1, 0.15) is 27.2 Å². The molecule has 1 heterocycles. The minimum Gasteiger partial charge on any atom is -0.346 e. The molecule has 1 aromatic heterocycles. The van der Waals surface area contributed by atoms with E-state index < -0.39 is 0 Å². The van der Waals surface area contributed by atoms with Crippen molar-refractivity contribution in [1.82, 2.24) is 14.8 Å². The third-order valence-corrected chi connectivity index (χ3v) is 4.21. The highest BCUT2D eigenvalue weighted by Gasteiger charge is 2.09. The van der Waals surface area contributed by atoms with Crippen LogP contribution in [0.25, 0.3) is 10.9 Å². The molecular formula is C18H28N4O. The molecule has 0 aliphatic heterocycles. The van der Waals surface area contributed by atoms with Crippen molar-refractivity contribution in [2.45, 2.75) is 33.7 Å². The summed E-state index contributed by atoms with van der Waals surface area (Å²) >= 11 is 0. The number of nitrogens with zero attached hydrogens (tertiary/aromatic N) is 2. The summed E-state index contributed by atoms with van der Waals surface area (Å²) < 4.78 is 2.14. The number of aromatic nitrogens is 1. The van der Waals surface area contributed by atoms with E-state index in [4.69, 9.17) is 0 Å². The monoisotopic (exact) mass is 316 g/mol. The third kappa shape index (κ3) is 4.48. The number of aryl methyl sites for hydroxylation is 1. The summed E-state index contributed by atoms with van der Waals surface area (Å²) in [7, 11) is 0. The van der Waals surface area contributed by atoms with Crippen molar-refractivity contribution in [3.8, 4) is 0 Å². The number of urea groups is 1. The Balaban J connectivity index is 1.88. The van der Waals surface area contributed by atoms with Crippen LogP contribution in [-0.4, -0.2) is 41.7 Å². The lowest BCUT2D eigenvalue weighted by Gasteiger charge is -2.17. The number of hydrogen-bond donors (Lipinski definition) is 2. The molecule has 0 aliphatic rings. The van der Waals surface area contributed by atoms with Gasteiger partial charge in [0, 0.05) is 24.7 Å². The highest BCUT2D eigenvalue weighted by atomic mass is 16.2. The van der Waals surface area contributed by atoms with E-state index in [-0.39, 0.29) is 6.03 Å². The molecule has 0 radical (unpaired) electrons. The van der Waals surface area contributed by atoms with Gasteiger partial charge in [-0.25, -0.2) is 4.79 Å². The Morgan fingerprint density at radius 2 is 1.91 bits per heavy atom. The minimum atomic E-state index is -0.136. The second-order valence-corrected chi connectivity index (χ2v) is 5.61. The summed E-state index contributed by atoms with van der Waals surface area (Å²) in [5, 5.41) is 6.99. The number of carbonyl (C=O) groups excluding carboxylic acids is 1. The van der Waals surface area contributed by atoms with Crippen molar-refractivity contribution in [2.24, 2.45) is 0 Å². The highest BCUT2D eigenvalue weighted by molar-refractivity contribution is 6.01. The average molecular weight is 316 g/mol. The Labute approximate surface area is 138 Å². The van der Waals surface area contributed by atoms with Crippen molar-refractivity contribution in [1.29, 1.82) is 0 Å². The molecule has 2 rings (SSSR count). The fraction of sp³-hybridized carbons (Fsp3) is 0.500. The van der Waals surface area contributed by atoms with Gasteiger partial charge >= 0.3 is 6.03 Å². The zero-order valence-electron chi connectivity index (χ0n) is 14.4. The quantitative estimate of drug-likeness (QED) is 0.732. The number of hydrogen-bond acceptors (Lipinski definition) is 2. The van der Waals surface area contributed by atoms with Gasteiger partial charge in [-0.1, -0.05) is 32.0 Å². The molecule has 0 saturated heterocycles. The number of nitrogens with one attached hydrogen (secondary N) is 2. The number of anilines is 1. The van der Waals surface area contributed by atoms with Crippen LogP contribution < -0.4 is 10.6 Å². The van der Waals surface area contributed by atoms with Crippen LogP contribution in [0.2, 0.25) is 0 Å². The molecule has 2 amide bonds. The van der Waals surface area contributed by atoms with Gasteiger partial charge in [0.15, 0.2) is 0 Å². The van der Waals surface area contributed by atoms with Crippen LogP contribution in [0.5, 0.6) is 0 Å². The average Bonchev–Trinajstić information content (AvgIpc) is 2.93. The molecule has 5 nitrogen and oxygen atoms in total. The minimum absolute atomic E-state index is 0.136. The van der Waals surface area contributed by atoms with Gasteiger partial charge in [-0.3, -0.25) is 0 Å². The standard InChI is InChI=1S/C18H28N4O/c1-4-21(5-2)13-9-12-19-18(23)20-16-14-22(6-3)17-11-8-7-10-15(16)17/h7-8,10-11,14H,4-6,9,12-13H2,1-3H3,(H2,19,20,23). The molecule has 0 unspecified atom stereocenters. The van der Waals surface area contributed by atoms with E-state index in [9.17, 15) is 4.79 Å². The van der Waals surface area contributed by atoms with Crippen LogP contribution in [0.15, 0.2) is 30.5 Å². The largest absolute Gasteiger partial charge is 0.346 e. The zero-order chi connectivity index (χ0) is 16.7. The van der Waals surface area contributed by atoms with Gasteiger partial charge < -0.3 is 20.1 Å². The fourth-order valence-corrected chi connectivity index (χ4v) is 2.82. The lowest BCUT2D eigenvalue weighted by molar-refractivity contribution is 0.250. The molecule has 1 aromatic carbocycles. The molecule has 0 fully saturated rings. The Bertz CT molecular complexity index is 631. The van der Waals surface area contributed by atoms with Gasteiger partial charge in [-0.15, -0.1) is 0 Å². The normalized spacial score (nSPS) is 11.1. The second-order valence-electron chi connectivity index (χ2n) is 5.61. The molecular weight excluding hydrogens is 288 g/mol. The first kappa shape index (κ1) is 17.3.